The first-order chi connectivity index (χ1) is 39.1. The first kappa shape index (κ1) is 57.9. The smallest absolute Gasteiger partial charge is 0.323 e. The zero-order chi connectivity index (χ0) is 56.9. The zero-order valence-corrected chi connectivity index (χ0v) is 48.8. The van der Waals surface area contributed by atoms with Crippen molar-refractivity contribution in [1.29, 1.82) is 0 Å². The SMILES string of the molecule is CNC(=O)[C@@H]1NC(=O)c2sc(N3CCOCC3)cc2[C@H]1c1ccc(Cl)cc1.NC(=O)CN1CC(c2ccc(Cl)cc2)c2cc(N3CCOCC3)sc2C1=O.O=C(O)CN1CC(c2ccc(Cl)cc2)c2cc(N3CCOCC3)sc2C1=O. The number of carbonyl (C=O) groups excluding carboxylic acids is 5. The quantitative estimate of drug-likeness (QED) is 0.0993. The maximum absolute atomic E-state index is 12.9. The van der Waals surface area contributed by atoms with E-state index in [2.05, 4.69) is 43.5 Å². The van der Waals surface area contributed by atoms with E-state index in [1.807, 2.05) is 72.8 Å². The van der Waals surface area contributed by atoms with Crippen molar-refractivity contribution in [2.24, 2.45) is 5.73 Å². The maximum atomic E-state index is 12.9. The molecule has 3 fully saturated rings. The van der Waals surface area contributed by atoms with Crippen molar-refractivity contribution < 1.29 is 48.1 Å². The van der Waals surface area contributed by atoms with Gasteiger partial charge in [-0.3, -0.25) is 28.8 Å². The normalized spacial score (nSPS) is 20.6. The molecule has 6 aromatic rings. The average Bonchev–Trinajstić information content (AvgIpc) is 4.48. The van der Waals surface area contributed by atoms with E-state index in [-0.39, 0.29) is 54.5 Å². The molecule has 5 amide bonds. The number of carbonyl (C=O) groups is 6. The minimum absolute atomic E-state index is 0.0136. The molecular weight excluding hydrogens is 1160 g/mol. The van der Waals surface area contributed by atoms with Crippen molar-refractivity contribution in [2.45, 2.75) is 23.8 Å². The van der Waals surface area contributed by atoms with Gasteiger partial charge in [-0.15, -0.1) is 34.0 Å². The number of rotatable bonds is 11. The lowest BCUT2D eigenvalue weighted by atomic mass is 9.82. The minimum atomic E-state index is -1.01. The number of halogens is 3. The van der Waals surface area contributed by atoms with Gasteiger partial charge in [-0.25, -0.2) is 0 Å². The van der Waals surface area contributed by atoms with E-state index in [4.69, 9.17) is 54.7 Å². The van der Waals surface area contributed by atoms with E-state index < -0.39 is 17.9 Å². The Hall–Kier alpha value is -6.27. The second kappa shape index (κ2) is 25.9. The summed E-state index contributed by atoms with van der Waals surface area (Å²) >= 11 is 22.5. The van der Waals surface area contributed by atoms with Crippen LogP contribution in [0.3, 0.4) is 0 Å². The standard InChI is InChI=1S/2C19H20ClN3O3S.C19H19ClN2O4S/c1-21-18(24)16-15(11-2-4-12(20)5-3-11)13-10-14(23-6-8-26-9-7-23)27-17(13)19(25)22-16;20-13-3-1-12(2-4-13)15-10-23(11-16(21)24)19(25)18-14(15)9-17(27-18)22-5-7-26-8-6-22;20-13-3-1-12(2-4-13)15-10-22(11-17(23)24)19(25)18-14(15)9-16(27-18)21-5-7-26-8-6-21/h2-5,10,15-16H,6-9H2,1H3,(H,21,24)(H,22,25);1-4,9,15H,5-8,10-11H2,(H2,21,24);1-4,9,15H,5-8,10-11H2,(H,23,24)/t15-,16-;;/m1../s1. The number of benzene rings is 3. The number of nitrogens with one attached hydrogen (secondary N) is 2. The second-order valence-corrected chi connectivity index (χ2v) is 24.3. The molecule has 3 aromatic heterocycles. The van der Waals surface area contributed by atoms with Crippen LogP contribution in [0, 0.1) is 0 Å². The van der Waals surface area contributed by atoms with Crippen LogP contribution in [0.1, 0.15) is 80.1 Å². The van der Waals surface area contributed by atoms with Crippen molar-refractivity contribution in [1.82, 2.24) is 20.4 Å². The number of fused-ring (bicyclic) bond motifs is 3. The number of thiophene rings is 3. The van der Waals surface area contributed by atoms with Gasteiger partial charge >= 0.3 is 5.97 Å². The molecule has 0 bridgehead atoms. The van der Waals surface area contributed by atoms with Crippen LogP contribution in [0.2, 0.25) is 15.1 Å². The minimum Gasteiger partial charge on any atom is -0.480 e. The Morgan fingerprint density at radius 3 is 1.33 bits per heavy atom. The summed E-state index contributed by atoms with van der Waals surface area (Å²) in [6, 6.07) is 28.2. The number of hydrogen-bond acceptors (Lipinski definition) is 15. The Morgan fingerprint density at radius 1 is 0.580 bits per heavy atom. The summed E-state index contributed by atoms with van der Waals surface area (Å²) in [6.45, 7) is 9.25. The van der Waals surface area contributed by atoms with Gasteiger partial charge in [-0.1, -0.05) is 71.2 Å². The molecule has 0 saturated carbocycles. The number of hydrogen-bond donors (Lipinski definition) is 4. The highest BCUT2D eigenvalue weighted by atomic mass is 35.5. The van der Waals surface area contributed by atoms with Gasteiger partial charge in [-0.2, -0.15) is 0 Å². The van der Waals surface area contributed by atoms with Crippen molar-refractivity contribution in [3.8, 4) is 0 Å². The molecule has 6 aliphatic heterocycles. The molecule has 0 aliphatic carbocycles. The van der Waals surface area contributed by atoms with E-state index in [1.54, 1.807) is 11.9 Å². The van der Waals surface area contributed by atoms with Crippen LogP contribution in [-0.4, -0.2) is 169 Å². The number of morpholine rings is 3. The molecule has 24 heteroatoms. The summed E-state index contributed by atoms with van der Waals surface area (Å²) in [6.07, 6.45) is 0. The summed E-state index contributed by atoms with van der Waals surface area (Å²) in [5.74, 6) is -2.61. The Balaban J connectivity index is 0.000000136. The third-order valence-corrected chi connectivity index (χ3v) is 19.2. The number of nitrogens with zero attached hydrogens (tertiary/aromatic N) is 5. The molecule has 81 heavy (non-hydrogen) atoms. The number of nitrogens with two attached hydrogens (primary N) is 1. The van der Waals surface area contributed by atoms with Crippen LogP contribution in [-0.2, 0) is 28.6 Å². The number of primary amides is 1. The molecule has 0 radical (unpaired) electrons. The molecule has 5 N–H and O–H groups in total. The van der Waals surface area contributed by atoms with Crippen LogP contribution in [0.5, 0.6) is 0 Å². The van der Waals surface area contributed by atoms with Gasteiger partial charge in [0.2, 0.25) is 11.8 Å². The maximum Gasteiger partial charge on any atom is 0.323 e. The lowest BCUT2D eigenvalue weighted by molar-refractivity contribution is -0.137. The third-order valence-electron chi connectivity index (χ3n) is 14.9. The number of carboxylic acid groups (broad SMARTS) is 1. The van der Waals surface area contributed by atoms with E-state index in [9.17, 15) is 33.9 Å². The van der Waals surface area contributed by atoms with Gasteiger partial charge in [0.1, 0.15) is 12.6 Å². The lowest BCUT2D eigenvalue weighted by Gasteiger charge is -2.32. The van der Waals surface area contributed by atoms with Crippen LogP contribution in [0.15, 0.2) is 91.0 Å². The van der Waals surface area contributed by atoms with Gasteiger partial charge in [0, 0.05) is 92.2 Å². The van der Waals surface area contributed by atoms with Crippen molar-refractivity contribution in [3.05, 3.63) is 154 Å². The van der Waals surface area contributed by atoms with Gasteiger partial charge < -0.3 is 60.2 Å². The summed E-state index contributed by atoms with van der Waals surface area (Å²) < 4.78 is 16.3. The summed E-state index contributed by atoms with van der Waals surface area (Å²) in [5, 5.41) is 19.8. The Morgan fingerprint density at radius 2 is 0.951 bits per heavy atom. The Labute approximate surface area is 495 Å². The predicted octanol–water partition coefficient (Wildman–Crippen LogP) is 7.45. The number of likely N-dealkylation sites (N-methyl/N-ethyl adjacent to an activating group) is 1. The number of aliphatic carboxylic acids is 1. The zero-order valence-electron chi connectivity index (χ0n) is 44.1. The topological polar surface area (TPSA) is 217 Å². The molecule has 3 aromatic carbocycles. The first-order valence-electron chi connectivity index (χ1n) is 26.4. The van der Waals surface area contributed by atoms with Crippen LogP contribution in [0.25, 0.3) is 0 Å². The predicted molar refractivity (Wildman–Crippen MR) is 316 cm³/mol. The fourth-order valence-electron chi connectivity index (χ4n) is 10.8. The molecule has 4 atom stereocenters. The average molecular weight is 1220 g/mol. The highest BCUT2D eigenvalue weighted by Gasteiger charge is 2.42. The van der Waals surface area contributed by atoms with E-state index in [1.165, 1.54) is 38.9 Å². The third kappa shape index (κ3) is 13.2. The fourth-order valence-corrected chi connectivity index (χ4v) is 14.8. The van der Waals surface area contributed by atoms with E-state index in [0.29, 0.717) is 82.4 Å². The number of ether oxygens (including phenoxy) is 3. The monoisotopic (exact) mass is 1220 g/mol. The molecule has 6 aliphatic rings. The van der Waals surface area contributed by atoms with Crippen LogP contribution in [0.4, 0.5) is 15.0 Å². The van der Waals surface area contributed by atoms with Crippen molar-refractivity contribution in [2.75, 3.05) is 127 Å². The highest BCUT2D eigenvalue weighted by molar-refractivity contribution is 7.19. The van der Waals surface area contributed by atoms with Crippen LogP contribution >= 0.6 is 68.8 Å². The van der Waals surface area contributed by atoms with E-state index in [0.717, 1.165) is 87.7 Å². The molecule has 0 spiro atoms. The number of carboxylic acids is 1. The molecule has 18 nitrogen and oxygen atoms in total. The van der Waals surface area contributed by atoms with Gasteiger partial charge in [0.05, 0.1) is 75.8 Å². The van der Waals surface area contributed by atoms with Crippen molar-refractivity contribution >= 4 is 119 Å². The van der Waals surface area contributed by atoms with Gasteiger partial charge in [-0.05, 0) is 88.0 Å². The van der Waals surface area contributed by atoms with E-state index >= 15 is 0 Å². The molecule has 12 rings (SSSR count). The molecule has 426 valence electrons. The number of amides is 5. The largest absolute Gasteiger partial charge is 0.480 e. The fraction of sp³-hybridized carbons (Fsp3) is 0.368. The first-order valence-corrected chi connectivity index (χ1v) is 30.0. The molecule has 2 unspecified atom stereocenters. The molecule has 9 heterocycles. The summed E-state index contributed by atoms with van der Waals surface area (Å²) in [5.41, 5.74) is 11.3. The second-order valence-electron chi connectivity index (χ2n) is 19.9. The van der Waals surface area contributed by atoms with Gasteiger partial charge in [0.25, 0.3) is 17.7 Å². The van der Waals surface area contributed by atoms with Gasteiger partial charge in [0.15, 0.2) is 0 Å². The highest BCUT2D eigenvalue weighted by Crippen LogP contribution is 2.45. The Bertz CT molecular complexity index is 3120. The number of anilines is 3. The van der Waals surface area contributed by atoms with Crippen molar-refractivity contribution in [3.63, 3.8) is 0 Å². The van der Waals surface area contributed by atoms with Crippen LogP contribution < -0.4 is 31.1 Å². The summed E-state index contributed by atoms with van der Waals surface area (Å²) in [4.78, 5) is 85.4. The molecule has 3 saturated heterocycles. The summed E-state index contributed by atoms with van der Waals surface area (Å²) in [7, 11) is 1.58. The molecular formula is C57H59Cl3N8O10S3. The lowest BCUT2D eigenvalue weighted by Crippen LogP contribution is -2.52. The Kier molecular flexibility index (Phi) is 18.5.